The van der Waals surface area contributed by atoms with E-state index in [1.165, 1.54) is 33.4 Å². The summed E-state index contributed by atoms with van der Waals surface area (Å²) >= 11 is 0. The molecule has 2 N–H and O–H groups in total. The maximum atomic E-state index is 6.59. The summed E-state index contributed by atoms with van der Waals surface area (Å²) in [6.07, 6.45) is 2.09. The van der Waals surface area contributed by atoms with Crippen LogP contribution in [-0.4, -0.2) is 6.61 Å². The smallest absolute Gasteiger partial charge is 0.136 e. The summed E-state index contributed by atoms with van der Waals surface area (Å²) in [4.78, 5) is 0. The first-order chi connectivity index (χ1) is 17.2. The Morgan fingerprint density at radius 3 is 1.72 bits per heavy atom. The fourth-order valence-electron chi connectivity index (χ4n) is 4.59. The zero-order valence-corrected chi connectivity index (χ0v) is 23.7. The second kappa shape index (κ2) is 14.8. The van der Waals surface area contributed by atoms with Gasteiger partial charge in [0.05, 0.1) is 6.10 Å². The van der Waals surface area contributed by atoms with Gasteiger partial charge in [0, 0.05) is 18.7 Å². The molecule has 1 unspecified atom stereocenters. The van der Waals surface area contributed by atoms with Gasteiger partial charge in [-0.05, 0) is 92.3 Å². The van der Waals surface area contributed by atoms with Crippen molar-refractivity contribution in [3.63, 3.8) is 0 Å². The molecule has 0 saturated carbocycles. The van der Waals surface area contributed by atoms with Gasteiger partial charge >= 0.3 is 0 Å². The molecular weight excluding hydrogens is 442 g/mol. The lowest BCUT2D eigenvalue weighted by molar-refractivity contribution is 0.0742. The van der Waals surface area contributed by atoms with E-state index >= 15 is 0 Å². The Morgan fingerprint density at radius 1 is 0.722 bits per heavy atom. The van der Waals surface area contributed by atoms with Gasteiger partial charge in [-0.25, -0.2) is 0 Å². The number of rotatable bonds is 10. The van der Waals surface area contributed by atoms with Crippen LogP contribution in [0.5, 0.6) is 11.5 Å². The predicted molar refractivity (Wildman–Crippen MR) is 154 cm³/mol. The maximum absolute atomic E-state index is 6.59. The summed E-state index contributed by atoms with van der Waals surface area (Å²) in [7, 11) is 0. The van der Waals surface area contributed by atoms with Gasteiger partial charge in [-0.3, -0.25) is 0 Å². The van der Waals surface area contributed by atoms with E-state index in [0.29, 0.717) is 25.0 Å². The van der Waals surface area contributed by atoms with E-state index in [1.807, 2.05) is 60.7 Å². The Hall–Kier alpha value is -2.62. The van der Waals surface area contributed by atoms with Gasteiger partial charge in [-0.1, -0.05) is 76.2 Å². The van der Waals surface area contributed by atoms with Crippen molar-refractivity contribution in [1.29, 1.82) is 0 Å². The number of hydrogen-bond acceptors (Lipinski definition) is 3. The third-order valence-corrected chi connectivity index (χ3v) is 6.39. The summed E-state index contributed by atoms with van der Waals surface area (Å²) in [5.41, 5.74) is 13.2. The molecule has 0 saturated heterocycles. The molecule has 0 amide bonds. The highest BCUT2D eigenvalue weighted by Crippen LogP contribution is 2.42. The monoisotopic (exact) mass is 489 g/mol. The van der Waals surface area contributed by atoms with E-state index < -0.39 is 0 Å². The lowest BCUT2D eigenvalue weighted by Crippen LogP contribution is -2.14. The van der Waals surface area contributed by atoms with E-state index in [1.54, 1.807) is 0 Å². The van der Waals surface area contributed by atoms with Gasteiger partial charge in [0.1, 0.15) is 11.5 Å². The van der Waals surface area contributed by atoms with Crippen LogP contribution in [0.4, 0.5) is 0 Å². The van der Waals surface area contributed by atoms with Crippen LogP contribution in [0, 0.1) is 25.7 Å². The number of benzene rings is 3. The molecule has 196 valence electrons. The number of nitrogens with two attached hydrogens (primary N) is 1. The SMILES string of the molecule is CCOC(C)c1c(C)c(C)c(CC(C)C)c(CC(C)C)c1Oc1ccccc1.NCc1ccccc1. The average molecular weight is 490 g/mol. The van der Waals surface area contributed by atoms with Crippen molar-refractivity contribution >= 4 is 0 Å². The quantitative estimate of drug-likeness (QED) is 0.310. The van der Waals surface area contributed by atoms with Gasteiger partial charge in [-0.15, -0.1) is 0 Å². The fourth-order valence-corrected chi connectivity index (χ4v) is 4.59. The molecule has 36 heavy (non-hydrogen) atoms. The minimum atomic E-state index is 0.00132. The van der Waals surface area contributed by atoms with Gasteiger partial charge in [-0.2, -0.15) is 0 Å². The molecule has 0 aliphatic carbocycles. The van der Waals surface area contributed by atoms with Gasteiger partial charge in [0.15, 0.2) is 0 Å². The second-order valence-electron chi connectivity index (χ2n) is 10.3. The molecule has 3 rings (SSSR count). The molecular formula is C33H47NO2. The van der Waals surface area contributed by atoms with E-state index in [-0.39, 0.29) is 6.10 Å². The summed E-state index contributed by atoms with van der Waals surface area (Å²) in [5, 5.41) is 0. The summed E-state index contributed by atoms with van der Waals surface area (Å²) in [6.45, 7) is 19.2. The molecule has 0 spiro atoms. The average Bonchev–Trinajstić information content (AvgIpc) is 2.86. The van der Waals surface area contributed by atoms with Crippen LogP contribution in [-0.2, 0) is 24.1 Å². The van der Waals surface area contributed by atoms with Gasteiger partial charge in [0.2, 0.25) is 0 Å². The van der Waals surface area contributed by atoms with Crippen molar-refractivity contribution in [1.82, 2.24) is 0 Å². The highest BCUT2D eigenvalue weighted by atomic mass is 16.5. The van der Waals surface area contributed by atoms with Crippen LogP contribution in [0.2, 0.25) is 0 Å². The van der Waals surface area contributed by atoms with Gasteiger partial charge < -0.3 is 15.2 Å². The Balaban J connectivity index is 0.000000482. The van der Waals surface area contributed by atoms with Crippen molar-refractivity contribution in [3.05, 3.63) is 94.0 Å². The topological polar surface area (TPSA) is 44.5 Å². The lowest BCUT2D eigenvalue weighted by Gasteiger charge is -2.28. The molecule has 3 aromatic carbocycles. The standard InChI is InChI=1S/C26H38O2.C7H9N/c1-9-27-21(8)25-20(7)19(6)23(15-17(2)3)24(16-18(4)5)26(25)28-22-13-11-10-12-14-22;8-6-7-4-2-1-3-5-7/h10-14,17-18,21H,9,15-16H2,1-8H3;1-5H,6,8H2. The molecule has 0 radical (unpaired) electrons. The van der Waals surface area contributed by atoms with Gasteiger partial charge in [0.25, 0.3) is 0 Å². The molecule has 3 aromatic rings. The lowest BCUT2D eigenvalue weighted by atomic mass is 9.83. The van der Waals surface area contributed by atoms with Crippen LogP contribution in [0.25, 0.3) is 0 Å². The minimum absolute atomic E-state index is 0.00132. The van der Waals surface area contributed by atoms with E-state index in [4.69, 9.17) is 15.2 Å². The first-order valence-corrected chi connectivity index (χ1v) is 13.4. The normalized spacial score (nSPS) is 11.9. The summed E-state index contributed by atoms with van der Waals surface area (Å²) in [5.74, 6) is 3.06. The summed E-state index contributed by atoms with van der Waals surface area (Å²) in [6, 6.07) is 20.1. The molecule has 0 heterocycles. The van der Waals surface area contributed by atoms with Crippen molar-refractivity contribution in [2.45, 2.75) is 80.9 Å². The van der Waals surface area contributed by atoms with Crippen molar-refractivity contribution in [2.24, 2.45) is 17.6 Å². The van der Waals surface area contributed by atoms with Crippen LogP contribution >= 0.6 is 0 Å². The minimum Gasteiger partial charge on any atom is -0.457 e. The second-order valence-corrected chi connectivity index (χ2v) is 10.3. The highest BCUT2D eigenvalue weighted by molar-refractivity contribution is 5.57. The predicted octanol–water partition coefficient (Wildman–Crippen LogP) is 8.74. The first-order valence-electron chi connectivity index (χ1n) is 13.4. The number of ether oxygens (including phenoxy) is 2. The Kier molecular flexibility index (Phi) is 12.2. The first kappa shape index (κ1) is 29.6. The van der Waals surface area contributed by atoms with Crippen LogP contribution in [0.15, 0.2) is 60.7 Å². The van der Waals surface area contributed by atoms with Crippen molar-refractivity contribution < 1.29 is 9.47 Å². The molecule has 0 bridgehead atoms. The maximum Gasteiger partial charge on any atom is 0.136 e. The van der Waals surface area contributed by atoms with Crippen LogP contribution < -0.4 is 10.5 Å². The van der Waals surface area contributed by atoms with E-state index in [9.17, 15) is 0 Å². The van der Waals surface area contributed by atoms with Crippen molar-refractivity contribution in [2.75, 3.05) is 6.61 Å². The zero-order chi connectivity index (χ0) is 26.7. The van der Waals surface area contributed by atoms with E-state index in [0.717, 1.165) is 24.3 Å². The molecule has 3 heteroatoms. The Morgan fingerprint density at radius 2 is 1.25 bits per heavy atom. The number of para-hydroxylation sites is 1. The molecule has 0 aromatic heterocycles. The van der Waals surface area contributed by atoms with Crippen LogP contribution in [0.1, 0.15) is 81.0 Å². The summed E-state index contributed by atoms with van der Waals surface area (Å²) < 4.78 is 12.6. The third kappa shape index (κ3) is 8.50. The van der Waals surface area contributed by atoms with E-state index in [2.05, 4.69) is 55.4 Å². The zero-order valence-electron chi connectivity index (χ0n) is 23.7. The fraction of sp³-hybridized carbons (Fsp3) is 0.455. The van der Waals surface area contributed by atoms with Crippen molar-refractivity contribution in [3.8, 4) is 11.5 Å². The Bertz CT molecular complexity index is 1040. The molecule has 0 aliphatic heterocycles. The molecule has 0 aliphatic rings. The third-order valence-electron chi connectivity index (χ3n) is 6.39. The Labute approximate surface area is 220 Å². The van der Waals surface area contributed by atoms with Crippen LogP contribution in [0.3, 0.4) is 0 Å². The molecule has 0 fully saturated rings. The highest BCUT2D eigenvalue weighted by Gasteiger charge is 2.26. The molecule has 3 nitrogen and oxygen atoms in total. The molecule has 1 atom stereocenters. The number of hydrogen-bond donors (Lipinski definition) is 1. The largest absolute Gasteiger partial charge is 0.457 e.